The minimum absolute atomic E-state index is 0. The minimum atomic E-state index is -0.496. The number of carbonyl (C=O) groups excluding carboxylic acids is 6. The Balaban J connectivity index is 0.000000163. The standard InChI is InChI=1S/C23H25Cl2N3.2C18H22ClN3O2.C18H21ClN2O2.C10H16BrNO3.C10H9ClO.C7H7ClN2.C7H4ClN.ClH/c1-27-22-14-28(16-10-9-15-5-4-8-20(25)18(15)13-16)12-11-21(22)26-23(27)17-6-2-3-7-19(17)24;1-18(2,3)24-17(23)22-10-9-15-14(11-22)20-16(21(15)4)12-7-5-6-8-13(12)19;1-18(2,3)24-17(23)22-10-9-14-15(11-22)21(4)16(20-14)12-7-5-6-8-13(12)19;1-18(2,3)23-17(22)21-9-8-15-12(11-21)10-16(20-15)13-6-4-5-7-14(13)19;1-10(2,3)15-9(14)12-5-4-8(13)7(11)6-12;11-10-3-1-2-7-4-5-8(12)6-9(7)10;8-6-4-2-1-3-5(6)7(9)10;8-7-4-2-1-3-6(7)5-9;/h2-8,16,23,26H,9-14H2,1H3;2*5-8H,9-11H2,1-4H3;4-7H,8-11H2,1-3H3;7H,4-6H2,1-3H3;1-3H,4-6H2;1-4H,(H3,9,10);1-4H;1H. The molecule has 19 rings (SSSR count). The second-order valence-corrected chi connectivity index (χ2v) is 44.6. The number of likely N-dealkylation sites (tertiary alicyclic amines) is 1. The number of amidine groups is 1. The second kappa shape index (κ2) is 51.5. The Kier molecular flexibility index (Phi) is 40.8. The van der Waals surface area contributed by atoms with Crippen molar-refractivity contribution in [3.05, 3.63) is 312 Å². The first-order valence-corrected chi connectivity index (χ1v) is 52.2. The Hall–Kier alpha value is -10.6. The van der Waals surface area contributed by atoms with Crippen molar-refractivity contribution in [2.45, 2.75) is 213 Å². The number of ketones is 2. The molecule has 9 heterocycles. The first-order valence-electron chi connectivity index (χ1n) is 48.3. The van der Waals surface area contributed by atoms with Crippen LogP contribution in [0.3, 0.4) is 0 Å². The number of halogens is 10. The van der Waals surface area contributed by atoms with Gasteiger partial charge in [0.2, 0.25) is 0 Å². The zero-order valence-electron chi connectivity index (χ0n) is 84.9. The van der Waals surface area contributed by atoms with Gasteiger partial charge in [-0.3, -0.25) is 24.9 Å². The van der Waals surface area contributed by atoms with E-state index in [2.05, 4.69) is 66.9 Å². The molecule has 4 N–H and O–H groups in total. The smallest absolute Gasteiger partial charge is 0.410 e. The lowest BCUT2D eigenvalue weighted by molar-refractivity contribution is -0.120. The van der Waals surface area contributed by atoms with Crippen LogP contribution in [0.25, 0.3) is 22.8 Å². The summed E-state index contributed by atoms with van der Waals surface area (Å²) in [6, 6.07) is 59.9. The number of nitrogens with zero attached hydrogens (tertiary/aromatic N) is 12. The molecule has 35 heteroatoms. The molecule has 0 bridgehead atoms. The van der Waals surface area contributed by atoms with E-state index in [1.54, 1.807) is 68.1 Å². The van der Waals surface area contributed by atoms with Crippen LogP contribution in [-0.4, -0.2) is 189 Å². The average molecular weight is 2230 g/mol. The number of rotatable bonds is 6. The van der Waals surface area contributed by atoms with Gasteiger partial charge in [-0.1, -0.05) is 218 Å². The van der Waals surface area contributed by atoms with Crippen molar-refractivity contribution < 1.29 is 47.7 Å². The number of aliphatic imine (C=N–C) groups is 1. The lowest BCUT2D eigenvalue weighted by atomic mass is 9.87. The van der Waals surface area contributed by atoms with Gasteiger partial charge in [0.25, 0.3) is 0 Å². The third-order valence-corrected chi connectivity index (χ3v) is 28.5. The van der Waals surface area contributed by atoms with Crippen LogP contribution >= 0.6 is 121 Å². The number of nitrogens with one attached hydrogen (secondary N) is 2. The highest BCUT2D eigenvalue weighted by Crippen LogP contribution is 2.41. The lowest BCUT2D eigenvalue weighted by Gasteiger charge is -2.39. The van der Waals surface area contributed by atoms with Gasteiger partial charge >= 0.3 is 24.4 Å². The summed E-state index contributed by atoms with van der Waals surface area (Å²) in [5, 5.41) is 24.8. The SMILES string of the molecule is CC(C)(C)OC(=O)N1CCC(=O)C(Br)C1.CC(C)(C)OC(=O)N1CCC2=C(CC(c3ccccc3Cl)=N2)C1.CN1C2=C(CCN(C3CCc4cccc(Cl)c4C3)C2)NC1c1ccccc1Cl.Cl.Cn1c(-c2ccccc2Cl)nc2c1CCN(C(=O)OC(C)(C)C)C2.Cn1c(-c2ccccc2Cl)nc2c1CN(C(=O)OC(C)(C)C)CC2.N#Cc1ccccc1Cl.N=C(N)c1ccccc1Cl.O=C1CCc2cccc(Cl)c2C1. The summed E-state index contributed by atoms with van der Waals surface area (Å²) in [7, 11) is 6.14. The van der Waals surface area contributed by atoms with Crippen molar-refractivity contribution in [3.8, 4) is 28.8 Å². The summed E-state index contributed by atoms with van der Waals surface area (Å²) in [6.07, 6.45) is 8.83. The second-order valence-electron chi connectivity index (χ2n) is 40.2. The van der Waals surface area contributed by atoms with Crippen LogP contribution in [0.15, 0.2) is 210 Å². The van der Waals surface area contributed by atoms with Crippen molar-refractivity contribution in [3.63, 3.8) is 0 Å². The van der Waals surface area contributed by atoms with Gasteiger partial charge in [-0.2, -0.15) is 5.26 Å². The van der Waals surface area contributed by atoms with Gasteiger partial charge in [0, 0.05) is 202 Å². The summed E-state index contributed by atoms with van der Waals surface area (Å²) in [5.41, 5.74) is 23.5. The molecule has 0 spiro atoms. The maximum atomic E-state index is 12.3. The average Bonchev–Trinajstić information content (AvgIpc) is 1.62. The summed E-state index contributed by atoms with van der Waals surface area (Å²) < 4.78 is 25.7. The quantitative estimate of drug-likeness (QED) is 0.0603. The van der Waals surface area contributed by atoms with Crippen LogP contribution in [0.1, 0.15) is 195 Å². The Morgan fingerprint density at radius 2 is 0.938 bits per heavy atom. The third kappa shape index (κ3) is 31.5. The molecule has 2 aromatic heterocycles. The topological polar surface area (TPSA) is 292 Å². The molecule has 146 heavy (non-hydrogen) atoms. The number of nitrogen functional groups attached to an aromatic ring is 1. The van der Waals surface area contributed by atoms with Gasteiger partial charge < -0.3 is 63.6 Å². The van der Waals surface area contributed by atoms with E-state index in [0.29, 0.717) is 121 Å². The van der Waals surface area contributed by atoms with E-state index in [1.165, 1.54) is 40.1 Å². The number of aromatic nitrogens is 4. The molecular weight excluding hydrogens is 2100 g/mol. The van der Waals surface area contributed by atoms with E-state index in [-0.39, 0.29) is 59.4 Å². The normalized spacial score (nSPS) is 17.1. The Bertz CT molecular complexity index is 6510. The number of alkyl halides is 1. The molecule has 0 saturated carbocycles. The zero-order valence-corrected chi connectivity index (χ0v) is 93.4. The molecule has 776 valence electrons. The summed E-state index contributed by atoms with van der Waals surface area (Å²) >= 11 is 52.4. The fourth-order valence-electron chi connectivity index (χ4n) is 17.7. The lowest BCUT2D eigenvalue weighted by Crippen LogP contribution is -2.46. The Labute approximate surface area is 911 Å². The fourth-order valence-corrected chi connectivity index (χ4v) is 20.1. The van der Waals surface area contributed by atoms with E-state index in [9.17, 15) is 28.8 Å². The molecule has 3 unspecified atom stereocenters. The highest BCUT2D eigenvalue weighted by molar-refractivity contribution is 9.10. The predicted octanol–water partition coefficient (Wildman–Crippen LogP) is 26.1. The Morgan fingerprint density at radius 1 is 0.473 bits per heavy atom. The number of fused-ring (bicyclic) bond motifs is 4. The molecule has 0 radical (unpaired) electrons. The highest BCUT2D eigenvalue weighted by atomic mass is 79.9. The van der Waals surface area contributed by atoms with Gasteiger partial charge in [0.05, 0.1) is 66.4 Å². The number of amides is 4. The van der Waals surface area contributed by atoms with Gasteiger partial charge in [-0.25, -0.2) is 29.1 Å². The summed E-state index contributed by atoms with van der Waals surface area (Å²) in [5.74, 6) is 2.12. The van der Waals surface area contributed by atoms with E-state index >= 15 is 0 Å². The molecule has 1 saturated heterocycles. The van der Waals surface area contributed by atoms with Crippen LogP contribution in [-0.2, 0) is 94.2 Å². The minimum Gasteiger partial charge on any atom is -0.444 e. The van der Waals surface area contributed by atoms with Crippen LogP contribution in [0.2, 0.25) is 40.2 Å². The fraction of sp³-hybridized carbons (Fsp3) is 0.396. The molecule has 7 aliphatic heterocycles. The predicted molar refractivity (Wildman–Crippen MR) is 590 cm³/mol. The van der Waals surface area contributed by atoms with E-state index in [0.717, 1.165) is 152 Å². The molecule has 9 aliphatic rings. The number of imidazole rings is 2. The maximum absolute atomic E-state index is 12.3. The van der Waals surface area contributed by atoms with E-state index < -0.39 is 22.4 Å². The zero-order chi connectivity index (χ0) is 105. The van der Waals surface area contributed by atoms with Crippen LogP contribution < -0.4 is 11.1 Å². The highest BCUT2D eigenvalue weighted by Gasteiger charge is 2.40. The van der Waals surface area contributed by atoms with Gasteiger partial charge in [0.15, 0.2) is 0 Å². The van der Waals surface area contributed by atoms with Crippen LogP contribution in [0.5, 0.6) is 0 Å². The molecule has 25 nitrogen and oxygen atoms in total. The number of likely N-dealkylation sites (N-methyl/N-ethyl adjacent to an activating group) is 1. The summed E-state index contributed by atoms with van der Waals surface area (Å²) in [6.45, 7) is 28.7. The third-order valence-electron chi connectivity index (χ3n) is 25.0. The molecule has 1 fully saturated rings. The first kappa shape index (κ1) is 116. The number of benzene rings is 8. The number of aryl methyl sites for hydroxylation is 2. The van der Waals surface area contributed by atoms with Crippen molar-refractivity contribution >= 4 is 169 Å². The molecule has 10 aromatic rings. The number of ether oxygens (including phenoxy) is 4. The number of piperidine rings is 1. The number of nitriles is 1. The van der Waals surface area contributed by atoms with Crippen molar-refractivity contribution in [2.24, 2.45) is 24.8 Å². The maximum Gasteiger partial charge on any atom is 0.410 e. The van der Waals surface area contributed by atoms with Crippen molar-refractivity contribution in [1.82, 2.24) is 53.8 Å². The van der Waals surface area contributed by atoms with Crippen LogP contribution in [0, 0.1) is 16.7 Å². The molecule has 2 aliphatic carbocycles. The Morgan fingerprint density at radius 3 is 1.47 bits per heavy atom. The van der Waals surface area contributed by atoms with E-state index in [4.69, 9.17) is 143 Å². The molecular formula is C111H127BrCl9N15O10. The number of hydrogen-bond donors (Lipinski definition) is 3. The first-order chi connectivity index (χ1) is 68.6. The van der Waals surface area contributed by atoms with Gasteiger partial charge in [-0.15, -0.1) is 12.4 Å². The summed E-state index contributed by atoms with van der Waals surface area (Å²) in [4.78, 5) is 96.6. The van der Waals surface area contributed by atoms with Crippen molar-refractivity contribution in [1.29, 1.82) is 10.7 Å². The number of nitrogens with two attached hydrogens (primary N) is 1. The van der Waals surface area contributed by atoms with Crippen LogP contribution in [0.4, 0.5) is 19.2 Å². The number of hydrogen-bond acceptors (Lipinski definition) is 18. The van der Waals surface area contributed by atoms with Gasteiger partial charge in [-0.05, 0) is 209 Å². The monoisotopic (exact) mass is 2220 g/mol. The largest absolute Gasteiger partial charge is 0.444 e. The molecule has 3 atom stereocenters. The number of carbonyl (C=O) groups is 6. The molecule has 8 aromatic carbocycles. The van der Waals surface area contributed by atoms with Crippen molar-refractivity contribution in [2.75, 3.05) is 59.4 Å². The molecule has 4 amide bonds. The van der Waals surface area contributed by atoms with Gasteiger partial charge in [0.1, 0.15) is 63.7 Å². The van der Waals surface area contributed by atoms with E-state index in [1.807, 2.05) is 217 Å². The number of Topliss-reactive ketones (excluding diaryl/α,β-unsaturated/α-hetero) is 2.